The van der Waals surface area contributed by atoms with E-state index in [-0.39, 0.29) is 22.6 Å². The van der Waals surface area contributed by atoms with Crippen LogP contribution in [0.4, 0.5) is 18.9 Å². The quantitative estimate of drug-likeness (QED) is 0.799. The van der Waals surface area contributed by atoms with Crippen LogP contribution >= 0.6 is 11.6 Å². The van der Waals surface area contributed by atoms with Crippen molar-refractivity contribution in [1.82, 2.24) is 5.43 Å². The summed E-state index contributed by atoms with van der Waals surface area (Å²) in [5.74, 6) is -0.434. The SMILES string of the molecule is COc1cc(C(=O)NNc2ccc(C#N)cc2C(F)(F)F)ccc1Cl. The Bertz CT molecular complexity index is 847. The molecule has 0 aliphatic carbocycles. The maximum atomic E-state index is 13.1. The number of nitrogens with one attached hydrogen (secondary N) is 2. The van der Waals surface area contributed by atoms with Crippen LogP contribution in [0.1, 0.15) is 21.5 Å². The van der Waals surface area contributed by atoms with E-state index in [1.807, 2.05) is 0 Å². The van der Waals surface area contributed by atoms with Gasteiger partial charge in [0, 0.05) is 5.56 Å². The molecule has 0 heterocycles. The molecule has 5 nitrogen and oxygen atoms in total. The number of carbonyl (C=O) groups is 1. The standard InChI is InChI=1S/C16H11ClF3N3O2/c1-25-14-7-10(3-4-12(14)17)15(24)23-22-13-5-2-9(8-21)6-11(13)16(18,19)20/h2-7,22H,1H3,(H,23,24). The second kappa shape index (κ2) is 7.32. The number of halogens is 4. The molecular weight excluding hydrogens is 359 g/mol. The number of nitrogens with zero attached hydrogens (tertiary/aromatic N) is 1. The number of methoxy groups -OCH3 is 1. The smallest absolute Gasteiger partial charge is 0.418 e. The Labute approximate surface area is 145 Å². The maximum Gasteiger partial charge on any atom is 0.418 e. The Kier molecular flexibility index (Phi) is 5.39. The second-order valence-electron chi connectivity index (χ2n) is 4.80. The van der Waals surface area contributed by atoms with Crippen LogP contribution in [-0.2, 0) is 6.18 Å². The van der Waals surface area contributed by atoms with Crippen LogP contribution in [0.5, 0.6) is 5.75 Å². The van der Waals surface area contributed by atoms with Crippen molar-refractivity contribution in [3.8, 4) is 11.8 Å². The fourth-order valence-electron chi connectivity index (χ4n) is 1.95. The lowest BCUT2D eigenvalue weighted by molar-refractivity contribution is -0.137. The molecule has 0 unspecified atom stereocenters. The van der Waals surface area contributed by atoms with E-state index in [1.165, 1.54) is 31.4 Å². The number of hydrogen-bond donors (Lipinski definition) is 2. The first-order valence-electron chi connectivity index (χ1n) is 6.77. The average molecular weight is 370 g/mol. The molecule has 130 valence electrons. The van der Waals surface area contributed by atoms with E-state index >= 15 is 0 Å². The molecule has 0 aliphatic heterocycles. The summed E-state index contributed by atoms with van der Waals surface area (Å²) in [6, 6.07) is 8.76. The number of anilines is 1. The minimum absolute atomic E-state index is 0.135. The van der Waals surface area contributed by atoms with Crippen molar-refractivity contribution in [3.05, 3.63) is 58.1 Å². The second-order valence-corrected chi connectivity index (χ2v) is 5.21. The number of hydrazine groups is 1. The third-order valence-corrected chi connectivity index (χ3v) is 3.49. The fraction of sp³-hybridized carbons (Fsp3) is 0.125. The zero-order valence-corrected chi connectivity index (χ0v) is 13.5. The largest absolute Gasteiger partial charge is 0.495 e. The summed E-state index contributed by atoms with van der Waals surface area (Å²) in [5.41, 5.74) is 2.92. The summed E-state index contributed by atoms with van der Waals surface area (Å²) >= 11 is 5.85. The molecule has 2 aromatic carbocycles. The monoisotopic (exact) mass is 369 g/mol. The Hall–Kier alpha value is -2.92. The third-order valence-electron chi connectivity index (χ3n) is 3.18. The first kappa shape index (κ1) is 18.4. The van der Waals surface area contributed by atoms with Crippen LogP contribution in [0, 0.1) is 11.3 Å². The van der Waals surface area contributed by atoms with Crippen molar-refractivity contribution in [2.75, 3.05) is 12.5 Å². The molecule has 1 amide bonds. The van der Waals surface area contributed by atoms with Crippen LogP contribution in [0.3, 0.4) is 0 Å². The summed E-state index contributed by atoms with van der Waals surface area (Å²) in [7, 11) is 1.37. The minimum atomic E-state index is -4.69. The molecule has 2 rings (SSSR count). The molecule has 0 fully saturated rings. The highest BCUT2D eigenvalue weighted by atomic mass is 35.5. The van der Waals surface area contributed by atoms with Crippen LogP contribution in [0.15, 0.2) is 36.4 Å². The highest BCUT2D eigenvalue weighted by Gasteiger charge is 2.34. The van der Waals surface area contributed by atoms with E-state index in [0.717, 1.165) is 6.07 Å². The Balaban J connectivity index is 2.21. The Morgan fingerprint density at radius 2 is 1.96 bits per heavy atom. The summed E-state index contributed by atoms with van der Waals surface area (Å²) in [6.45, 7) is 0. The Morgan fingerprint density at radius 3 is 2.56 bits per heavy atom. The lowest BCUT2D eigenvalue weighted by atomic mass is 10.1. The van der Waals surface area contributed by atoms with Gasteiger partial charge in [-0.1, -0.05) is 11.6 Å². The number of amides is 1. The van der Waals surface area contributed by atoms with Gasteiger partial charge in [0.05, 0.1) is 35.0 Å². The van der Waals surface area contributed by atoms with Crippen molar-refractivity contribution >= 4 is 23.2 Å². The molecule has 2 aromatic rings. The van der Waals surface area contributed by atoms with Crippen LogP contribution < -0.4 is 15.6 Å². The first-order chi connectivity index (χ1) is 11.8. The van der Waals surface area contributed by atoms with Crippen LogP contribution in [-0.4, -0.2) is 13.0 Å². The van der Waals surface area contributed by atoms with Gasteiger partial charge in [-0.15, -0.1) is 0 Å². The number of benzene rings is 2. The van der Waals surface area contributed by atoms with Gasteiger partial charge < -0.3 is 4.74 Å². The fourth-order valence-corrected chi connectivity index (χ4v) is 2.15. The van der Waals surface area contributed by atoms with Crippen LogP contribution in [0.2, 0.25) is 5.02 Å². The van der Waals surface area contributed by atoms with Gasteiger partial charge in [0.25, 0.3) is 5.91 Å². The van der Waals surface area contributed by atoms with Crippen LogP contribution in [0.25, 0.3) is 0 Å². The predicted octanol–water partition coefficient (Wildman–Crippen LogP) is 4.00. The van der Waals surface area contributed by atoms with Gasteiger partial charge in [-0.25, -0.2) is 0 Å². The molecule has 0 spiro atoms. The van der Waals surface area contributed by atoms with E-state index in [2.05, 4.69) is 10.9 Å². The summed E-state index contributed by atoms with van der Waals surface area (Å²) in [6.07, 6.45) is -4.69. The average Bonchev–Trinajstić information content (AvgIpc) is 2.59. The van der Waals surface area contributed by atoms with Crippen molar-refractivity contribution in [2.45, 2.75) is 6.18 Å². The predicted molar refractivity (Wildman–Crippen MR) is 85.3 cm³/mol. The molecule has 0 bridgehead atoms. The molecule has 2 N–H and O–H groups in total. The van der Waals surface area contributed by atoms with Crippen molar-refractivity contribution in [3.63, 3.8) is 0 Å². The lowest BCUT2D eigenvalue weighted by Gasteiger charge is -2.15. The molecule has 0 radical (unpaired) electrons. The summed E-state index contributed by atoms with van der Waals surface area (Å²) in [5, 5.41) is 9.02. The highest BCUT2D eigenvalue weighted by molar-refractivity contribution is 6.32. The normalized spacial score (nSPS) is 10.7. The minimum Gasteiger partial charge on any atom is -0.495 e. The number of rotatable bonds is 4. The zero-order chi connectivity index (χ0) is 18.6. The van der Waals surface area contributed by atoms with Crippen molar-refractivity contribution < 1.29 is 22.7 Å². The van der Waals surface area contributed by atoms with E-state index < -0.39 is 17.6 Å². The number of alkyl halides is 3. The van der Waals surface area contributed by atoms with Crippen molar-refractivity contribution in [1.29, 1.82) is 5.26 Å². The summed E-state index contributed by atoms with van der Waals surface area (Å²) in [4.78, 5) is 12.1. The van der Waals surface area contributed by atoms with Gasteiger partial charge in [0.2, 0.25) is 0 Å². The third kappa shape index (κ3) is 4.33. The number of nitriles is 1. The topological polar surface area (TPSA) is 74.2 Å². The van der Waals surface area contributed by atoms with Gasteiger partial charge in [-0.05, 0) is 36.4 Å². The number of hydrogen-bond acceptors (Lipinski definition) is 4. The first-order valence-corrected chi connectivity index (χ1v) is 7.15. The maximum absolute atomic E-state index is 13.1. The van der Waals surface area contributed by atoms with E-state index in [1.54, 1.807) is 6.07 Å². The number of carbonyl (C=O) groups excluding carboxylic acids is 1. The molecule has 0 saturated carbocycles. The van der Waals surface area contributed by atoms with Gasteiger partial charge in [-0.3, -0.25) is 15.6 Å². The van der Waals surface area contributed by atoms with Gasteiger partial charge in [-0.2, -0.15) is 18.4 Å². The highest BCUT2D eigenvalue weighted by Crippen LogP contribution is 2.35. The molecule has 0 atom stereocenters. The zero-order valence-electron chi connectivity index (χ0n) is 12.7. The van der Waals surface area contributed by atoms with E-state index in [4.69, 9.17) is 21.6 Å². The summed E-state index contributed by atoms with van der Waals surface area (Å²) < 4.78 is 44.2. The molecule has 0 saturated heterocycles. The van der Waals surface area contributed by atoms with Gasteiger partial charge in [0.15, 0.2) is 0 Å². The lowest BCUT2D eigenvalue weighted by Crippen LogP contribution is -2.30. The Morgan fingerprint density at radius 1 is 1.24 bits per heavy atom. The van der Waals surface area contributed by atoms with Gasteiger partial charge in [0.1, 0.15) is 5.75 Å². The van der Waals surface area contributed by atoms with Crippen molar-refractivity contribution in [2.24, 2.45) is 0 Å². The molecular formula is C16H11ClF3N3O2. The molecule has 25 heavy (non-hydrogen) atoms. The number of ether oxygens (including phenoxy) is 1. The molecule has 0 aromatic heterocycles. The van der Waals surface area contributed by atoms with E-state index in [0.29, 0.717) is 11.1 Å². The molecule has 0 aliphatic rings. The van der Waals surface area contributed by atoms with E-state index in [9.17, 15) is 18.0 Å². The van der Waals surface area contributed by atoms with Gasteiger partial charge >= 0.3 is 6.18 Å². The molecule has 9 heteroatoms.